The Morgan fingerprint density at radius 2 is 0.145 bits per heavy atom. The van der Waals surface area contributed by atoms with E-state index in [1.165, 1.54) is 0 Å². The van der Waals surface area contributed by atoms with Gasteiger partial charge in [0, 0.05) is 50.3 Å². The zero-order valence-corrected chi connectivity index (χ0v) is 40.1. The fourth-order valence-electron chi connectivity index (χ4n) is 0. The molecule has 0 atom stereocenters. The van der Waals surface area contributed by atoms with Gasteiger partial charge in [-0.15, -0.1) is 33.2 Å². The second-order valence-electron chi connectivity index (χ2n) is 0.214. The summed E-state index contributed by atoms with van der Waals surface area (Å²) in [6.45, 7) is 52.5. The number of rotatable bonds is 0. The SMILES string of the molecule is C=O.C=O.C=O.C=O.C=O.C=O.C=O.C=O.C=O.C=O.C=O.C=O.C=O.C=O.C=O.C=O.C=O.C=O.C=O.C=O.C=O.C=O.C=O.C=O.C=O.C=O.C=O.Cl[Si](Cl)Cl.[CH3-].[Co].[Co].[Co]. The first-order valence-corrected chi connectivity index (χ1v) is 12.9. The van der Waals surface area contributed by atoms with Crippen LogP contribution in [0.4, 0.5) is 0 Å². The van der Waals surface area contributed by atoms with Crippen LogP contribution in [-0.2, 0) is 180 Å². The average molecular weight is 1140 g/mol. The van der Waals surface area contributed by atoms with Gasteiger partial charge in [-0.3, -0.25) is 0 Å². The largest absolute Gasteiger partial charge is 0.376 e. The molecule has 0 fully saturated rings. The summed E-state index contributed by atoms with van der Waals surface area (Å²) >= 11 is 14.7. The molecule has 0 aromatic rings. The Bertz CT molecular complexity index is 258. The molecular formula is C28H57Cl3Co3O27Si-. The van der Waals surface area contributed by atoms with E-state index in [2.05, 4.69) is 0 Å². The van der Waals surface area contributed by atoms with Crippen LogP contribution >= 0.6 is 33.2 Å². The predicted octanol–water partition coefficient (Wildman–Crippen LogP) is -2.86. The van der Waals surface area contributed by atoms with Gasteiger partial charge >= 0.3 is 6.73 Å². The van der Waals surface area contributed by atoms with Crippen LogP contribution in [-0.4, -0.2) is 190 Å². The zero-order valence-electron chi connectivity index (χ0n) is 33.7. The molecule has 0 saturated carbocycles. The second kappa shape index (κ2) is 14400. The van der Waals surface area contributed by atoms with E-state index in [0.717, 1.165) is 0 Å². The molecule has 62 heavy (non-hydrogen) atoms. The van der Waals surface area contributed by atoms with Gasteiger partial charge in [-0.1, -0.05) is 0 Å². The first-order valence-electron chi connectivity index (χ1n) is 8.36. The van der Waals surface area contributed by atoms with Gasteiger partial charge in [0.15, 0.2) is 0 Å². The van der Waals surface area contributed by atoms with Gasteiger partial charge in [0.25, 0.3) is 0 Å². The summed E-state index contributed by atoms with van der Waals surface area (Å²) in [5, 5.41) is 0. The van der Waals surface area contributed by atoms with Gasteiger partial charge in [0.05, 0.1) is 0 Å². The molecule has 4 radical (unpaired) electrons. The molecule has 0 aliphatic heterocycles. The van der Waals surface area contributed by atoms with Crippen LogP contribution in [0.1, 0.15) is 0 Å². The fraction of sp³-hybridized carbons (Fsp3) is 0. The molecule has 27 nitrogen and oxygen atoms in total. The Kier molecular flexibility index (Phi) is 69200. The summed E-state index contributed by atoms with van der Waals surface area (Å²) in [6, 6.07) is 0. The van der Waals surface area contributed by atoms with E-state index in [9.17, 15) is 0 Å². The third-order valence-electron chi connectivity index (χ3n) is 0. The molecule has 0 aliphatic carbocycles. The summed E-state index contributed by atoms with van der Waals surface area (Å²) in [5.74, 6) is 0. The van der Waals surface area contributed by atoms with Crippen LogP contribution in [0.15, 0.2) is 0 Å². The molecule has 0 N–H and O–H groups in total. The number of hydrogen-bond acceptors (Lipinski definition) is 27. The van der Waals surface area contributed by atoms with Crippen LogP contribution in [0.3, 0.4) is 0 Å². The van der Waals surface area contributed by atoms with E-state index in [4.69, 9.17) is 163 Å². The molecule has 0 aliphatic rings. The molecule has 0 unspecified atom stereocenters. The normalized spacial score (nSPS) is 2.32. The van der Waals surface area contributed by atoms with Gasteiger partial charge in [-0.05, 0) is 0 Å². The van der Waals surface area contributed by atoms with E-state index in [-0.39, 0.29) is 57.8 Å². The topological polar surface area (TPSA) is 461 Å². The third kappa shape index (κ3) is 3750. The summed E-state index contributed by atoms with van der Waals surface area (Å²) in [6.07, 6.45) is 0. The Hall–Kier alpha value is -6.30. The van der Waals surface area contributed by atoms with Crippen molar-refractivity contribution in [3.8, 4) is 0 Å². The van der Waals surface area contributed by atoms with Crippen molar-refractivity contribution in [3.63, 3.8) is 0 Å². The molecule has 0 spiro atoms. The predicted molar refractivity (Wildman–Crippen MR) is 222 cm³/mol. The molecule has 34 heteroatoms. The second-order valence-corrected chi connectivity index (χ2v) is 5.79. The van der Waals surface area contributed by atoms with E-state index in [1.807, 2.05) is 183 Å². The molecule has 0 saturated heterocycles. The van der Waals surface area contributed by atoms with Crippen LogP contribution in [0.2, 0.25) is 0 Å². The van der Waals surface area contributed by atoms with Crippen LogP contribution < -0.4 is 0 Å². The van der Waals surface area contributed by atoms with Crippen molar-refractivity contribution in [2.45, 2.75) is 0 Å². The molecule has 0 aromatic carbocycles. The summed E-state index contributed by atoms with van der Waals surface area (Å²) in [4.78, 5) is 216. The molecule has 0 aromatic heterocycles. The maximum Gasteiger partial charge on any atom is 0.376 e. The number of carbonyl (C=O) groups is 27. The summed E-state index contributed by atoms with van der Waals surface area (Å²) in [5.41, 5.74) is 0. The van der Waals surface area contributed by atoms with E-state index < -0.39 is 6.73 Å². The Labute approximate surface area is 408 Å². The Morgan fingerprint density at radius 1 is 0.145 bits per heavy atom. The minimum atomic E-state index is -1.46. The van der Waals surface area contributed by atoms with Crippen molar-refractivity contribution >= 4 is 223 Å². The molecular weight excluding hydrogens is 1080 g/mol. The molecule has 0 heterocycles. The number of hydrogen-bond donors (Lipinski definition) is 0. The van der Waals surface area contributed by atoms with Gasteiger partial charge in [0.1, 0.15) is 183 Å². The maximum atomic E-state index is 8.00. The molecule has 0 rings (SSSR count). The average Bonchev–Trinajstić information content (AvgIpc) is 3.44. The van der Waals surface area contributed by atoms with Gasteiger partial charge < -0.3 is 137 Å². The van der Waals surface area contributed by atoms with Crippen LogP contribution in [0, 0.1) is 7.43 Å². The number of carbonyl (C=O) groups excluding carboxylic acids is 27. The first-order chi connectivity index (χ1) is 28.7. The van der Waals surface area contributed by atoms with Crippen molar-refractivity contribution < 1.29 is 180 Å². The monoisotopic (exact) mass is 1130 g/mol. The van der Waals surface area contributed by atoms with Gasteiger partial charge in [-0.25, -0.2) is 0 Å². The Morgan fingerprint density at radius 3 is 0.145 bits per heavy atom. The van der Waals surface area contributed by atoms with Gasteiger partial charge in [-0.2, -0.15) is 0 Å². The van der Waals surface area contributed by atoms with Gasteiger partial charge in [0.2, 0.25) is 0 Å². The summed E-state index contributed by atoms with van der Waals surface area (Å²) < 4.78 is 0. The number of halogens is 3. The molecule has 384 valence electrons. The molecule has 0 amide bonds. The van der Waals surface area contributed by atoms with E-state index in [0.29, 0.717) is 0 Å². The summed E-state index contributed by atoms with van der Waals surface area (Å²) in [7, 11) is 0. The van der Waals surface area contributed by atoms with Crippen molar-refractivity contribution in [2.24, 2.45) is 0 Å². The Balaban J connectivity index is -0.00000000502. The smallest absolute Gasteiger partial charge is 0.358 e. The first kappa shape index (κ1) is 297. The third-order valence-corrected chi connectivity index (χ3v) is 0. The minimum Gasteiger partial charge on any atom is -0.358 e. The van der Waals surface area contributed by atoms with Crippen molar-refractivity contribution in [1.82, 2.24) is 0 Å². The van der Waals surface area contributed by atoms with E-state index >= 15 is 0 Å². The maximum absolute atomic E-state index is 8.00. The van der Waals surface area contributed by atoms with Crippen molar-refractivity contribution in [2.75, 3.05) is 0 Å². The standard InChI is InChI=1S/27CH2O.CH3.Cl3Si.3Co/c27*1-2;;1-4(2)3;;;/h27*1H2;1H3;;;;/q;;;;;;;;;;;;;;;;;;;;;;;;;;;-1;;;;. The fourth-order valence-corrected chi connectivity index (χ4v) is 0. The molecule has 0 bridgehead atoms. The van der Waals surface area contributed by atoms with Crippen LogP contribution in [0.25, 0.3) is 0 Å². The quantitative estimate of drug-likeness (QED) is 0.134. The zero-order chi connectivity index (χ0) is 57.6. The minimum absolute atomic E-state index is 0. The van der Waals surface area contributed by atoms with E-state index in [1.54, 1.807) is 0 Å². The van der Waals surface area contributed by atoms with Crippen LogP contribution in [0.5, 0.6) is 0 Å². The van der Waals surface area contributed by atoms with Crippen molar-refractivity contribution in [1.29, 1.82) is 0 Å². The van der Waals surface area contributed by atoms with Crippen molar-refractivity contribution in [3.05, 3.63) is 7.43 Å².